The van der Waals surface area contributed by atoms with Crippen LogP contribution in [0.4, 0.5) is 0 Å². The fraction of sp³-hybridized carbons (Fsp3) is 0.625. The maximum atomic E-state index is 4.40. The molecule has 0 aliphatic carbocycles. The number of alkyl halides is 1. The van der Waals surface area contributed by atoms with Crippen molar-refractivity contribution in [3.63, 3.8) is 0 Å². The Bertz CT molecular complexity index is 222. The Morgan fingerprint density at radius 3 is 2.91 bits per heavy atom. The van der Waals surface area contributed by atoms with Gasteiger partial charge in [-0.2, -0.15) is 0 Å². The van der Waals surface area contributed by atoms with Crippen molar-refractivity contribution in [1.82, 2.24) is 4.98 Å². The molecule has 0 amide bonds. The van der Waals surface area contributed by atoms with Gasteiger partial charge in [-0.05, 0) is 19.3 Å². The fourth-order valence-electron chi connectivity index (χ4n) is 0.914. The second-order valence-electron chi connectivity index (χ2n) is 2.82. The molecule has 0 bridgehead atoms. The molecular formula is C8H12BrNS. The summed E-state index contributed by atoms with van der Waals surface area (Å²) in [6.45, 7) is 4.27. The fourth-order valence-corrected chi connectivity index (χ4v) is 1.77. The van der Waals surface area contributed by atoms with E-state index in [-0.39, 0.29) is 0 Å². The van der Waals surface area contributed by atoms with Gasteiger partial charge >= 0.3 is 0 Å². The van der Waals surface area contributed by atoms with E-state index in [0.29, 0.717) is 5.92 Å². The highest BCUT2D eigenvalue weighted by Crippen LogP contribution is 2.13. The molecule has 1 rings (SSSR count). The zero-order valence-corrected chi connectivity index (χ0v) is 9.20. The zero-order chi connectivity index (χ0) is 8.27. The standard InChI is InChI=1S/C8H12BrNS/c1-6(4-9)3-8-5-11-7(2)10-8/h5-6H,3-4H2,1-2H3. The smallest absolute Gasteiger partial charge is 0.0897 e. The average Bonchev–Trinajstić information content (AvgIpc) is 2.35. The van der Waals surface area contributed by atoms with Crippen LogP contribution in [0.15, 0.2) is 5.38 Å². The number of aromatic nitrogens is 1. The summed E-state index contributed by atoms with van der Waals surface area (Å²) >= 11 is 5.19. The second-order valence-corrected chi connectivity index (χ2v) is 4.53. The van der Waals surface area contributed by atoms with Crippen LogP contribution in [-0.4, -0.2) is 10.3 Å². The third kappa shape index (κ3) is 2.91. The van der Waals surface area contributed by atoms with Crippen LogP contribution < -0.4 is 0 Å². The summed E-state index contributed by atoms with van der Waals surface area (Å²) in [6.07, 6.45) is 1.09. The average molecular weight is 234 g/mol. The normalized spacial score (nSPS) is 13.4. The van der Waals surface area contributed by atoms with Crippen LogP contribution in [0.3, 0.4) is 0 Å². The summed E-state index contributed by atoms with van der Waals surface area (Å²) in [5, 5.41) is 4.37. The SMILES string of the molecule is Cc1nc(CC(C)CBr)cs1. The lowest BCUT2D eigenvalue weighted by Crippen LogP contribution is -2.00. The van der Waals surface area contributed by atoms with Gasteiger partial charge in [0.1, 0.15) is 0 Å². The van der Waals surface area contributed by atoms with E-state index < -0.39 is 0 Å². The summed E-state index contributed by atoms with van der Waals surface area (Å²) < 4.78 is 0. The summed E-state index contributed by atoms with van der Waals surface area (Å²) in [5.74, 6) is 0.691. The first-order valence-corrected chi connectivity index (χ1v) is 5.69. The van der Waals surface area contributed by atoms with E-state index in [4.69, 9.17) is 0 Å². The summed E-state index contributed by atoms with van der Waals surface area (Å²) in [4.78, 5) is 4.40. The van der Waals surface area contributed by atoms with Crippen molar-refractivity contribution in [3.05, 3.63) is 16.1 Å². The molecule has 11 heavy (non-hydrogen) atoms. The maximum Gasteiger partial charge on any atom is 0.0897 e. The number of nitrogens with zero attached hydrogens (tertiary/aromatic N) is 1. The maximum absolute atomic E-state index is 4.40. The highest BCUT2D eigenvalue weighted by Gasteiger charge is 2.03. The minimum absolute atomic E-state index is 0.691. The molecule has 0 N–H and O–H groups in total. The molecule has 1 nitrogen and oxygen atoms in total. The molecule has 1 aromatic heterocycles. The van der Waals surface area contributed by atoms with Crippen LogP contribution in [0.5, 0.6) is 0 Å². The third-order valence-corrected chi connectivity index (χ3v) is 3.42. The van der Waals surface area contributed by atoms with Crippen molar-refractivity contribution in [1.29, 1.82) is 0 Å². The Morgan fingerprint density at radius 1 is 1.73 bits per heavy atom. The van der Waals surface area contributed by atoms with Crippen LogP contribution in [0.25, 0.3) is 0 Å². The van der Waals surface area contributed by atoms with Crippen molar-refractivity contribution in [2.24, 2.45) is 5.92 Å². The highest BCUT2D eigenvalue weighted by atomic mass is 79.9. The van der Waals surface area contributed by atoms with Gasteiger partial charge in [0.2, 0.25) is 0 Å². The largest absolute Gasteiger partial charge is 0.247 e. The first-order chi connectivity index (χ1) is 5.22. The molecule has 0 saturated carbocycles. The Balaban J connectivity index is 2.50. The lowest BCUT2D eigenvalue weighted by Gasteiger charge is -2.02. The first-order valence-electron chi connectivity index (χ1n) is 3.69. The van der Waals surface area contributed by atoms with E-state index in [2.05, 4.69) is 33.2 Å². The zero-order valence-electron chi connectivity index (χ0n) is 6.80. The van der Waals surface area contributed by atoms with Crippen molar-refractivity contribution in [2.45, 2.75) is 20.3 Å². The number of hydrogen-bond donors (Lipinski definition) is 0. The Hall–Kier alpha value is 0.110. The molecule has 0 fully saturated rings. The van der Waals surface area contributed by atoms with Gasteiger partial charge in [-0.3, -0.25) is 0 Å². The molecule has 1 atom stereocenters. The van der Waals surface area contributed by atoms with E-state index in [9.17, 15) is 0 Å². The summed E-state index contributed by atoms with van der Waals surface area (Å²) in [7, 11) is 0. The summed E-state index contributed by atoms with van der Waals surface area (Å²) in [6, 6.07) is 0. The van der Waals surface area contributed by atoms with Crippen molar-refractivity contribution < 1.29 is 0 Å². The van der Waals surface area contributed by atoms with E-state index in [0.717, 1.165) is 11.8 Å². The van der Waals surface area contributed by atoms with Gasteiger partial charge in [0.15, 0.2) is 0 Å². The van der Waals surface area contributed by atoms with Crippen LogP contribution >= 0.6 is 27.3 Å². The van der Waals surface area contributed by atoms with Gasteiger partial charge < -0.3 is 0 Å². The van der Waals surface area contributed by atoms with Gasteiger partial charge in [-0.1, -0.05) is 22.9 Å². The van der Waals surface area contributed by atoms with Crippen molar-refractivity contribution >= 4 is 27.3 Å². The van der Waals surface area contributed by atoms with Gasteiger partial charge in [0.25, 0.3) is 0 Å². The minimum atomic E-state index is 0.691. The quantitative estimate of drug-likeness (QED) is 0.732. The Labute approximate surface area is 80.0 Å². The van der Waals surface area contributed by atoms with Crippen molar-refractivity contribution in [3.8, 4) is 0 Å². The van der Waals surface area contributed by atoms with Crippen LogP contribution in [0.2, 0.25) is 0 Å². The van der Waals surface area contributed by atoms with Gasteiger partial charge in [-0.15, -0.1) is 11.3 Å². The predicted molar refractivity (Wildman–Crippen MR) is 53.5 cm³/mol. The van der Waals surface area contributed by atoms with Gasteiger partial charge in [0.05, 0.1) is 10.7 Å². The molecule has 0 aromatic carbocycles. The molecule has 0 radical (unpaired) electrons. The van der Waals surface area contributed by atoms with E-state index in [1.54, 1.807) is 11.3 Å². The number of thiazole rings is 1. The number of halogens is 1. The number of aryl methyl sites for hydroxylation is 1. The third-order valence-electron chi connectivity index (χ3n) is 1.49. The van der Waals surface area contributed by atoms with Crippen LogP contribution in [0.1, 0.15) is 17.6 Å². The monoisotopic (exact) mass is 233 g/mol. The van der Waals surface area contributed by atoms with Crippen LogP contribution in [-0.2, 0) is 6.42 Å². The lowest BCUT2D eigenvalue weighted by molar-refractivity contribution is 0.652. The molecule has 0 spiro atoms. The molecule has 3 heteroatoms. The highest BCUT2D eigenvalue weighted by molar-refractivity contribution is 9.09. The Morgan fingerprint density at radius 2 is 2.45 bits per heavy atom. The van der Waals surface area contributed by atoms with Gasteiger partial charge in [-0.25, -0.2) is 4.98 Å². The molecule has 0 aliphatic rings. The summed E-state index contributed by atoms with van der Waals surface area (Å²) in [5.41, 5.74) is 1.24. The predicted octanol–water partition coefficient (Wildman–Crippen LogP) is 3.03. The van der Waals surface area contributed by atoms with Gasteiger partial charge in [0, 0.05) is 10.7 Å². The topological polar surface area (TPSA) is 12.9 Å². The molecule has 1 unspecified atom stereocenters. The molecule has 1 aromatic rings. The van der Waals surface area contributed by atoms with E-state index in [1.165, 1.54) is 10.7 Å². The van der Waals surface area contributed by atoms with E-state index in [1.807, 2.05) is 6.92 Å². The molecular weight excluding hydrogens is 222 g/mol. The number of rotatable bonds is 3. The van der Waals surface area contributed by atoms with E-state index >= 15 is 0 Å². The number of hydrogen-bond acceptors (Lipinski definition) is 2. The molecule has 1 heterocycles. The molecule has 0 aliphatic heterocycles. The minimum Gasteiger partial charge on any atom is -0.247 e. The van der Waals surface area contributed by atoms with Crippen molar-refractivity contribution in [2.75, 3.05) is 5.33 Å². The lowest BCUT2D eigenvalue weighted by atomic mass is 10.1. The second kappa shape index (κ2) is 4.21. The Kier molecular flexibility index (Phi) is 3.52. The van der Waals surface area contributed by atoms with Crippen LogP contribution in [0, 0.1) is 12.8 Å². The molecule has 62 valence electrons. The molecule has 0 saturated heterocycles. The first kappa shape index (κ1) is 9.20.